The first-order valence-corrected chi connectivity index (χ1v) is 8.08. The molecule has 16 heavy (non-hydrogen) atoms. The molecule has 0 amide bonds. The van der Waals surface area contributed by atoms with E-state index in [1.54, 1.807) is 11.3 Å². The highest BCUT2D eigenvalue weighted by Crippen LogP contribution is 2.38. The second kappa shape index (κ2) is 7.71. The van der Waals surface area contributed by atoms with Crippen LogP contribution in [0.1, 0.15) is 29.9 Å². The van der Waals surface area contributed by atoms with E-state index < -0.39 is 0 Å². The van der Waals surface area contributed by atoms with Crippen LogP contribution in [0.4, 0.5) is 0 Å². The number of rotatable bonds is 7. The topological polar surface area (TPSA) is 46.2 Å². The van der Waals surface area contributed by atoms with Crippen LogP contribution in [0.2, 0.25) is 0 Å². The molecule has 0 fully saturated rings. The van der Waals surface area contributed by atoms with Crippen LogP contribution in [-0.2, 0) is 0 Å². The van der Waals surface area contributed by atoms with E-state index in [0.29, 0.717) is 5.25 Å². The van der Waals surface area contributed by atoms with Gasteiger partial charge in [-0.25, -0.2) is 0 Å². The van der Waals surface area contributed by atoms with E-state index in [9.17, 15) is 0 Å². The van der Waals surface area contributed by atoms with Crippen molar-refractivity contribution in [3.05, 3.63) is 20.8 Å². The molecule has 0 saturated carbocycles. The number of aliphatic hydroxyl groups excluding tert-OH is 1. The van der Waals surface area contributed by atoms with Crippen LogP contribution in [0.25, 0.3) is 0 Å². The molecular formula is C11H18BrNOS2. The van der Waals surface area contributed by atoms with Crippen LogP contribution in [-0.4, -0.2) is 23.5 Å². The van der Waals surface area contributed by atoms with E-state index in [1.165, 1.54) is 4.88 Å². The fraction of sp³-hybridized carbons (Fsp3) is 0.636. The molecule has 0 aliphatic carbocycles. The van der Waals surface area contributed by atoms with E-state index in [4.69, 9.17) is 10.8 Å². The summed E-state index contributed by atoms with van der Waals surface area (Å²) in [7, 11) is 0. The highest BCUT2D eigenvalue weighted by Gasteiger charge is 2.20. The first-order chi connectivity index (χ1) is 7.69. The zero-order valence-electron chi connectivity index (χ0n) is 9.36. The molecule has 0 aromatic carbocycles. The largest absolute Gasteiger partial charge is 0.396 e. The van der Waals surface area contributed by atoms with E-state index in [1.807, 2.05) is 11.8 Å². The van der Waals surface area contributed by atoms with Crippen molar-refractivity contribution in [2.75, 3.05) is 12.4 Å². The minimum atomic E-state index is 0.189. The number of halogens is 1. The minimum Gasteiger partial charge on any atom is -0.396 e. The average molecular weight is 324 g/mol. The summed E-state index contributed by atoms with van der Waals surface area (Å²) in [5.41, 5.74) is 6.15. The molecule has 0 bridgehead atoms. The first-order valence-electron chi connectivity index (χ1n) is 5.42. The molecule has 2 unspecified atom stereocenters. The third-order valence-corrected chi connectivity index (χ3v) is 5.68. The Balaban J connectivity index is 2.63. The lowest BCUT2D eigenvalue weighted by Crippen LogP contribution is -2.25. The Morgan fingerprint density at radius 1 is 1.56 bits per heavy atom. The van der Waals surface area contributed by atoms with Gasteiger partial charge in [-0.05, 0) is 46.7 Å². The third kappa shape index (κ3) is 4.37. The van der Waals surface area contributed by atoms with Gasteiger partial charge in [0.05, 0.1) is 9.04 Å². The molecule has 3 N–H and O–H groups in total. The maximum Gasteiger partial charge on any atom is 0.0701 e. The number of hydrogen-bond donors (Lipinski definition) is 2. The van der Waals surface area contributed by atoms with Gasteiger partial charge in [0, 0.05) is 17.5 Å². The molecule has 1 heterocycles. The summed E-state index contributed by atoms with van der Waals surface area (Å²) in [6, 6.07) is 4.40. The lowest BCUT2D eigenvalue weighted by molar-refractivity contribution is 0.296. The van der Waals surface area contributed by atoms with E-state index in [-0.39, 0.29) is 12.6 Å². The van der Waals surface area contributed by atoms with Gasteiger partial charge in [0.15, 0.2) is 0 Å². The SMILES string of the molecule is CCC(N)C(SCCCO)c1ccc(Br)s1. The Hall–Kier alpha value is 0.450. The molecule has 0 spiro atoms. The van der Waals surface area contributed by atoms with Gasteiger partial charge in [-0.1, -0.05) is 6.92 Å². The molecule has 1 aromatic heterocycles. The van der Waals surface area contributed by atoms with E-state index in [0.717, 1.165) is 22.4 Å². The molecule has 0 aliphatic rings. The second-order valence-corrected chi connectivity index (χ2v) is 7.33. The predicted molar refractivity (Wildman–Crippen MR) is 77.2 cm³/mol. The van der Waals surface area contributed by atoms with Gasteiger partial charge in [0.25, 0.3) is 0 Å². The summed E-state index contributed by atoms with van der Waals surface area (Å²) in [6.45, 7) is 2.38. The Labute approximate surface area is 114 Å². The van der Waals surface area contributed by atoms with Crippen LogP contribution in [0.15, 0.2) is 15.9 Å². The van der Waals surface area contributed by atoms with Crippen LogP contribution in [0.5, 0.6) is 0 Å². The summed E-state index contributed by atoms with van der Waals surface area (Å²) < 4.78 is 1.15. The standard InChI is InChI=1S/C11H18BrNOS2/c1-2-8(13)11(15-7-3-6-14)9-4-5-10(12)16-9/h4-5,8,11,14H,2-3,6-7,13H2,1H3. The highest BCUT2D eigenvalue weighted by molar-refractivity contribution is 9.11. The number of nitrogens with two attached hydrogens (primary N) is 1. The maximum atomic E-state index is 8.80. The van der Waals surface area contributed by atoms with Gasteiger partial charge in [-0.2, -0.15) is 11.8 Å². The Bertz CT molecular complexity index is 306. The Morgan fingerprint density at radius 3 is 2.81 bits per heavy atom. The van der Waals surface area contributed by atoms with Crippen LogP contribution < -0.4 is 5.73 Å². The fourth-order valence-electron chi connectivity index (χ4n) is 1.39. The number of hydrogen-bond acceptors (Lipinski definition) is 4. The molecule has 2 nitrogen and oxygen atoms in total. The monoisotopic (exact) mass is 323 g/mol. The van der Waals surface area contributed by atoms with Crippen molar-refractivity contribution in [1.29, 1.82) is 0 Å². The van der Waals surface area contributed by atoms with Crippen LogP contribution >= 0.6 is 39.0 Å². The van der Waals surface area contributed by atoms with Gasteiger partial charge in [0.1, 0.15) is 0 Å². The van der Waals surface area contributed by atoms with Crippen molar-refractivity contribution in [1.82, 2.24) is 0 Å². The number of thioether (sulfide) groups is 1. The zero-order valence-corrected chi connectivity index (χ0v) is 12.6. The lowest BCUT2D eigenvalue weighted by Gasteiger charge is -2.21. The molecule has 5 heteroatoms. The van der Waals surface area contributed by atoms with Crippen LogP contribution in [0.3, 0.4) is 0 Å². The Kier molecular flexibility index (Phi) is 7.00. The minimum absolute atomic E-state index is 0.189. The quantitative estimate of drug-likeness (QED) is 0.756. The van der Waals surface area contributed by atoms with Crippen molar-refractivity contribution in [2.45, 2.75) is 31.1 Å². The van der Waals surface area contributed by atoms with Gasteiger partial charge in [-0.3, -0.25) is 0 Å². The number of aliphatic hydroxyl groups is 1. The molecule has 1 aromatic rings. The molecular weight excluding hydrogens is 306 g/mol. The zero-order chi connectivity index (χ0) is 12.0. The summed E-state index contributed by atoms with van der Waals surface area (Å²) in [5.74, 6) is 0.963. The fourth-order valence-corrected chi connectivity index (χ4v) is 4.45. The summed E-state index contributed by atoms with van der Waals surface area (Å²) in [6.07, 6.45) is 1.82. The van der Waals surface area contributed by atoms with Crippen molar-refractivity contribution in [3.8, 4) is 0 Å². The van der Waals surface area contributed by atoms with Crippen molar-refractivity contribution in [2.24, 2.45) is 5.73 Å². The summed E-state index contributed by atoms with van der Waals surface area (Å²) >= 11 is 7.08. The van der Waals surface area contributed by atoms with Gasteiger partial charge < -0.3 is 10.8 Å². The first kappa shape index (κ1) is 14.5. The predicted octanol–water partition coefficient (Wildman–Crippen LogP) is 3.40. The molecule has 92 valence electrons. The maximum absolute atomic E-state index is 8.80. The normalized spacial score (nSPS) is 15.0. The number of thiophene rings is 1. The van der Waals surface area contributed by atoms with Gasteiger partial charge in [-0.15, -0.1) is 11.3 Å². The lowest BCUT2D eigenvalue weighted by atomic mass is 10.1. The van der Waals surface area contributed by atoms with E-state index in [2.05, 4.69) is 35.0 Å². The smallest absolute Gasteiger partial charge is 0.0701 e. The summed E-state index contributed by atoms with van der Waals surface area (Å²) in [5, 5.41) is 9.15. The van der Waals surface area contributed by atoms with Gasteiger partial charge in [0.2, 0.25) is 0 Å². The van der Waals surface area contributed by atoms with Crippen molar-refractivity contribution in [3.63, 3.8) is 0 Å². The van der Waals surface area contributed by atoms with Crippen molar-refractivity contribution < 1.29 is 5.11 Å². The summed E-state index contributed by atoms with van der Waals surface area (Å²) in [4.78, 5) is 1.32. The van der Waals surface area contributed by atoms with Crippen molar-refractivity contribution >= 4 is 39.0 Å². The third-order valence-electron chi connectivity index (χ3n) is 2.33. The van der Waals surface area contributed by atoms with Gasteiger partial charge >= 0.3 is 0 Å². The Morgan fingerprint density at radius 2 is 2.31 bits per heavy atom. The molecule has 0 radical (unpaired) electrons. The molecule has 2 atom stereocenters. The average Bonchev–Trinajstić information content (AvgIpc) is 2.70. The highest BCUT2D eigenvalue weighted by atomic mass is 79.9. The van der Waals surface area contributed by atoms with Crippen LogP contribution in [0, 0.1) is 0 Å². The molecule has 1 rings (SSSR count). The molecule has 0 aliphatic heterocycles. The van der Waals surface area contributed by atoms with E-state index >= 15 is 0 Å². The second-order valence-electron chi connectivity index (χ2n) is 3.58. The molecule has 0 saturated heterocycles.